The van der Waals surface area contributed by atoms with E-state index in [0.29, 0.717) is 39.0 Å². The molecular weight excluding hydrogens is 589 g/mol. The largest absolute Gasteiger partial charge is 0.497 e. The van der Waals surface area contributed by atoms with Crippen LogP contribution in [0.15, 0.2) is 91.0 Å². The first kappa shape index (κ1) is 30.2. The van der Waals surface area contributed by atoms with Crippen LogP contribution in [0.5, 0.6) is 11.5 Å². The molecule has 1 N–H and O–H groups in total. The molecule has 5 rings (SSSR count). The number of ketones is 1. The molecule has 0 radical (unpaired) electrons. The number of rotatable bonds is 10. The van der Waals surface area contributed by atoms with Gasteiger partial charge >= 0.3 is 0 Å². The molecule has 4 aromatic rings. The Kier molecular flexibility index (Phi) is 8.91. The summed E-state index contributed by atoms with van der Waals surface area (Å²) in [7, 11) is 2.94. The zero-order chi connectivity index (χ0) is 31.4. The summed E-state index contributed by atoms with van der Waals surface area (Å²) in [6.07, 6.45) is 0. The topological polar surface area (TPSA) is 105 Å². The molecule has 0 bridgehead atoms. The molecule has 0 saturated carbocycles. The Labute approximate surface area is 257 Å². The molecule has 0 fully saturated rings. The number of amides is 3. The fourth-order valence-corrected chi connectivity index (χ4v) is 5.09. The summed E-state index contributed by atoms with van der Waals surface area (Å²) in [5, 5.41) is 3.26. The van der Waals surface area contributed by atoms with E-state index in [9.17, 15) is 23.6 Å². The van der Waals surface area contributed by atoms with E-state index in [-0.39, 0.29) is 12.1 Å². The molecule has 1 atom stereocenters. The maximum absolute atomic E-state index is 14.2. The van der Waals surface area contributed by atoms with Gasteiger partial charge in [-0.1, -0.05) is 48.0 Å². The summed E-state index contributed by atoms with van der Waals surface area (Å²) in [5.41, 5.74) is 1.75. The van der Waals surface area contributed by atoms with Crippen LogP contribution in [0.2, 0.25) is 5.02 Å². The SMILES string of the molecule is COc1ccc(NC(=O)C(c2ccc(Cl)cc2)N(Cc2ccc(F)cc2)C(=O)CN2C(=O)C(=O)c3ccccc32)c(OC)c1. The summed E-state index contributed by atoms with van der Waals surface area (Å²) in [6, 6.07) is 21.9. The quantitative estimate of drug-likeness (QED) is 0.238. The van der Waals surface area contributed by atoms with E-state index in [2.05, 4.69) is 5.32 Å². The highest BCUT2D eigenvalue weighted by Crippen LogP contribution is 2.33. The molecule has 3 amide bonds. The van der Waals surface area contributed by atoms with Gasteiger partial charge in [0, 0.05) is 17.6 Å². The monoisotopic (exact) mass is 615 g/mol. The fourth-order valence-electron chi connectivity index (χ4n) is 4.96. The molecule has 44 heavy (non-hydrogen) atoms. The van der Waals surface area contributed by atoms with Gasteiger partial charge in [0.05, 0.1) is 31.2 Å². The lowest BCUT2D eigenvalue weighted by Crippen LogP contribution is -2.46. The first-order valence-corrected chi connectivity index (χ1v) is 13.9. The van der Waals surface area contributed by atoms with Crippen LogP contribution in [0.4, 0.5) is 15.8 Å². The number of benzene rings is 4. The molecule has 1 aliphatic rings. The molecule has 1 heterocycles. The highest BCUT2D eigenvalue weighted by molar-refractivity contribution is 6.52. The van der Waals surface area contributed by atoms with Crippen molar-refractivity contribution in [2.75, 3.05) is 31.0 Å². The van der Waals surface area contributed by atoms with Gasteiger partial charge in [0.15, 0.2) is 0 Å². The van der Waals surface area contributed by atoms with Gasteiger partial charge in [-0.2, -0.15) is 0 Å². The van der Waals surface area contributed by atoms with E-state index in [1.54, 1.807) is 60.7 Å². The first-order chi connectivity index (χ1) is 21.2. The zero-order valence-electron chi connectivity index (χ0n) is 23.8. The average Bonchev–Trinajstić information content (AvgIpc) is 3.27. The Morgan fingerprint density at radius 1 is 0.932 bits per heavy atom. The molecule has 1 unspecified atom stereocenters. The minimum atomic E-state index is -1.25. The highest BCUT2D eigenvalue weighted by Gasteiger charge is 2.39. The molecule has 4 aromatic carbocycles. The summed E-state index contributed by atoms with van der Waals surface area (Å²) >= 11 is 6.15. The van der Waals surface area contributed by atoms with Crippen molar-refractivity contribution in [1.82, 2.24) is 4.90 Å². The van der Waals surface area contributed by atoms with Gasteiger partial charge in [0.1, 0.15) is 29.9 Å². The van der Waals surface area contributed by atoms with Crippen molar-refractivity contribution in [3.63, 3.8) is 0 Å². The normalized spacial score (nSPS) is 12.9. The van der Waals surface area contributed by atoms with Crippen LogP contribution < -0.4 is 19.7 Å². The van der Waals surface area contributed by atoms with E-state index in [1.807, 2.05) is 0 Å². The Balaban J connectivity index is 1.56. The third-order valence-corrected chi connectivity index (χ3v) is 7.42. The summed E-state index contributed by atoms with van der Waals surface area (Å²) in [5.74, 6) is -2.45. The Hall–Kier alpha value is -5.22. The van der Waals surface area contributed by atoms with E-state index < -0.39 is 41.9 Å². The van der Waals surface area contributed by atoms with Crippen LogP contribution in [0, 0.1) is 5.82 Å². The molecular formula is C33H27ClFN3O6. The number of Topliss-reactive ketones (excluding diaryl/α,β-unsaturated/α-hetero) is 1. The second-order valence-electron chi connectivity index (χ2n) is 9.90. The Bertz CT molecular complexity index is 1730. The van der Waals surface area contributed by atoms with Gasteiger partial charge in [-0.15, -0.1) is 0 Å². The van der Waals surface area contributed by atoms with Crippen LogP contribution in [-0.4, -0.2) is 49.2 Å². The van der Waals surface area contributed by atoms with Crippen LogP contribution in [0.1, 0.15) is 27.5 Å². The number of carbonyl (C=O) groups excluding carboxylic acids is 4. The molecule has 0 aromatic heterocycles. The van der Waals surface area contributed by atoms with Crippen molar-refractivity contribution in [2.45, 2.75) is 12.6 Å². The summed E-state index contributed by atoms with van der Waals surface area (Å²) in [4.78, 5) is 56.3. The smallest absolute Gasteiger partial charge is 0.299 e. The Morgan fingerprint density at radius 2 is 1.64 bits per heavy atom. The molecule has 0 saturated heterocycles. The maximum Gasteiger partial charge on any atom is 0.299 e. The number of para-hydroxylation sites is 1. The number of methoxy groups -OCH3 is 2. The minimum Gasteiger partial charge on any atom is -0.497 e. The van der Waals surface area contributed by atoms with E-state index in [1.165, 1.54) is 49.5 Å². The van der Waals surface area contributed by atoms with Crippen LogP contribution >= 0.6 is 11.6 Å². The van der Waals surface area contributed by atoms with Gasteiger partial charge in [-0.05, 0) is 59.7 Å². The van der Waals surface area contributed by atoms with E-state index >= 15 is 0 Å². The van der Waals surface area contributed by atoms with Gasteiger partial charge in [0.25, 0.3) is 17.6 Å². The third kappa shape index (κ3) is 6.25. The standard InChI is InChI=1S/C33H27ClFN3O6/c1-43-24-15-16-26(28(17-24)44-2)36-32(41)30(21-9-11-22(34)12-10-21)38(18-20-7-13-23(35)14-8-20)29(39)19-37-27-6-4-3-5-25(27)31(40)33(37)42/h3-17,30H,18-19H2,1-2H3,(H,36,41). The third-order valence-electron chi connectivity index (χ3n) is 7.17. The lowest BCUT2D eigenvalue weighted by Gasteiger charge is -2.33. The number of anilines is 2. The molecule has 224 valence electrons. The van der Waals surface area contributed by atoms with Gasteiger partial charge in [-0.3, -0.25) is 24.1 Å². The number of ether oxygens (including phenoxy) is 2. The predicted molar refractivity (Wildman–Crippen MR) is 162 cm³/mol. The highest BCUT2D eigenvalue weighted by atomic mass is 35.5. The number of fused-ring (bicyclic) bond motifs is 1. The second kappa shape index (κ2) is 13.0. The van der Waals surface area contributed by atoms with Crippen molar-refractivity contribution in [1.29, 1.82) is 0 Å². The lowest BCUT2D eigenvalue weighted by molar-refractivity contribution is -0.139. The van der Waals surface area contributed by atoms with Crippen LogP contribution in [0.25, 0.3) is 0 Å². The van der Waals surface area contributed by atoms with Gasteiger partial charge < -0.3 is 19.7 Å². The molecule has 11 heteroatoms. The van der Waals surface area contributed by atoms with Crippen LogP contribution in [-0.2, 0) is 20.9 Å². The average molecular weight is 616 g/mol. The number of hydrogen-bond acceptors (Lipinski definition) is 6. The fraction of sp³-hybridized carbons (Fsp3) is 0.152. The molecule has 0 spiro atoms. The summed E-state index contributed by atoms with van der Waals surface area (Å²) < 4.78 is 24.5. The van der Waals surface area contributed by atoms with Gasteiger partial charge in [0.2, 0.25) is 5.91 Å². The molecule has 9 nitrogen and oxygen atoms in total. The number of nitrogens with one attached hydrogen (secondary N) is 1. The van der Waals surface area contributed by atoms with Gasteiger partial charge in [-0.25, -0.2) is 4.39 Å². The number of nitrogens with zero attached hydrogens (tertiary/aromatic N) is 2. The van der Waals surface area contributed by atoms with Crippen molar-refractivity contribution in [3.05, 3.63) is 119 Å². The minimum absolute atomic E-state index is 0.128. The first-order valence-electron chi connectivity index (χ1n) is 13.5. The predicted octanol–water partition coefficient (Wildman–Crippen LogP) is 5.43. The van der Waals surface area contributed by atoms with E-state index in [0.717, 1.165) is 4.90 Å². The van der Waals surface area contributed by atoms with Crippen molar-refractivity contribution >= 4 is 46.5 Å². The second-order valence-corrected chi connectivity index (χ2v) is 10.3. The number of halogens is 2. The zero-order valence-corrected chi connectivity index (χ0v) is 24.5. The Morgan fingerprint density at radius 3 is 2.32 bits per heavy atom. The lowest BCUT2D eigenvalue weighted by atomic mass is 10.0. The van der Waals surface area contributed by atoms with Crippen LogP contribution in [0.3, 0.4) is 0 Å². The maximum atomic E-state index is 14.2. The molecule has 0 aliphatic carbocycles. The van der Waals surface area contributed by atoms with Crippen molar-refractivity contribution in [2.24, 2.45) is 0 Å². The van der Waals surface area contributed by atoms with Crippen molar-refractivity contribution < 1.29 is 33.0 Å². The summed E-state index contributed by atoms with van der Waals surface area (Å²) in [6.45, 7) is -0.650. The van der Waals surface area contributed by atoms with E-state index in [4.69, 9.17) is 21.1 Å². The van der Waals surface area contributed by atoms with Crippen molar-refractivity contribution in [3.8, 4) is 11.5 Å². The number of carbonyl (C=O) groups is 4. The molecule has 1 aliphatic heterocycles. The number of hydrogen-bond donors (Lipinski definition) is 1.